The topological polar surface area (TPSA) is 44.5 Å². The Morgan fingerprint density at radius 1 is 1.16 bits per heavy atom. The van der Waals surface area contributed by atoms with E-state index in [0.717, 1.165) is 13.0 Å². The van der Waals surface area contributed by atoms with E-state index in [0.29, 0.717) is 30.4 Å². The second-order valence-electron chi connectivity index (χ2n) is 5.11. The van der Waals surface area contributed by atoms with Gasteiger partial charge >= 0.3 is 0 Å². The number of hydrogen-bond donors (Lipinski definition) is 1. The monoisotopic (exact) mass is 269 g/mol. The first-order chi connectivity index (χ1) is 9.00. The van der Waals surface area contributed by atoms with E-state index >= 15 is 0 Å². The SMILES string of the molecule is CC(C)CCOCCOc1ccc(F)cc1C(C)N. The van der Waals surface area contributed by atoms with E-state index in [1.54, 1.807) is 13.0 Å². The number of hydrogen-bond acceptors (Lipinski definition) is 3. The highest BCUT2D eigenvalue weighted by Crippen LogP contribution is 2.24. The average Bonchev–Trinajstić information content (AvgIpc) is 2.34. The van der Waals surface area contributed by atoms with Gasteiger partial charge in [0.2, 0.25) is 0 Å². The first-order valence-corrected chi connectivity index (χ1v) is 6.76. The zero-order valence-electron chi connectivity index (χ0n) is 12.0. The molecule has 108 valence electrons. The van der Waals surface area contributed by atoms with Crippen molar-refractivity contribution in [2.24, 2.45) is 11.7 Å². The van der Waals surface area contributed by atoms with Crippen molar-refractivity contribution in [2.75, 3.05) is 19.8 Å². The lowest BCUT2D eigenvalue weighted by Gasteiger charge is -2.14. The molecule has 1 rings (SSSR count). The van der Waals surface area contributed by atoms with Crippen molar-refractivity contribution >= 4 is 0 Å². The van der Waals surface area contributed by atoms with E-state index in [4.69, 9.17) is 15.2 Å². The number of nitrogens with two attached hydrogens (primary N) is 1. The molecule has 1 atom stereocenters. The molecule has 0 aromatic heterocycles. The molecule has 0 saturated carbocycles. The van der Waals surface area contributed by atoms with Crippen molar-refractivity contribution in [1.82, 2.24) is 0 Å². The summed E-state index contributed by atoms with van der Waals surface area (Å²) in [5.74, 6) is 0.972. The molecule has 0 amide bonds. The van der Waals surface area contributed by atoms with Crippen LogP contribution in [0.3, 0.4) is 0 Å². The Kier molecular flexibility index (Phi) is 6.81. The lowest BCUT2D eigenvalue weighted by molar-refractivity contribution is 0.0921. The maximum atomic E-state index is 13.1. The van der Waals surface area contributed by atoms with Crippen LogP contribution in [-0.4, -0.2) is 19.8 Å². The summed E-state index contributed by atoms with van der Waals surface area (Å²) in [4.78, 5) is 0. The van der Waals surface area contributed by atoms with Crippen LogP contribution in [-0.2, 0) is 4.74 Å². The molecule has 4 heteroatoms. The van der Waals surface area contributed by atoms with Gasteiger partial charge in [0.15, 0.2) is 0 Å². The number of rotatable bonds is 8. The van der Waals surface area contributed by atoms with Gasteiger partial charge in [0.05, 0.1) is 6.61 Å². The summed E-state index contributed by atoms with van der Waals surface area (Å²) in [6, 6.07) is 4.15. The van der Waals surface area contributed by atoms with Crippen molar-refractivity contribution in [2.45, 2.75) is 33.2 Å². The molecule has 1 aromatic rings. The highest BCUT2D eigenvalue weighted by molar-refractivity contribution is 5.36. The molecule has 0 fully saturated rings. The third-order valence-electron chi connectivity index (χ3n) is 2.79. The third kappa shape index (κ3) is 6.03. The summed E-state index contributed by atoms with van der Waals surface area (Å²) in [7, 11) is 0. The van der Waals surface area contributed by atoms with Gasteiger partial charge in [0, 0.05) is 18.2 Å². The molecular weight excluding hydrogens is 245 g/mol. The lowest BCUT2D eigenvalue weighted by atomic mass is 10.1. The van der Waals surface area contributed by atoms with E-state index in [9.17, 15) is 4.39 Å². The van der Waals surface area contributed by atoms with Crippen molar-refractivity contribution in [1.29, 1.82) is 0 Å². The fraction of sp³-hybridized carbons (Fsp3) is 0.600. The van der Waals surface area contributed by atoms with Gasteiger partial charge in [-0.05, 0) is 37.5 Å². The minimum atomic E-state index is -0.298. The van der Waals surface area contributed by atoms with Crippen molar-refractivity contribution in [3.63, 3.8) is 0 Å². The molecule has 1 aromatic carbocycles. The van der Waals surface area contributed by atoms with Crippen LogP contribution < -0.4 is 10.5 Å². The van der Waals surface area contributed by atoms with E-state index in [2.05, 4.69) is 13.8 Å². The van der Waals surface area contributed by atoms with Gasteiger partial charge in [-0.25, -0.2) is 4.39 Å². The van der Waals surface area contributed by atoms with Crippen LogP contribution in [0.15, 0.2) is 18.2 Å². The second kappa shape index (κ2) is 8.12. The Hall–Kier alpha value is -1.13. The van der Waals surface area contributed by atoms with Gasteiger partial charge in [-0.3, -0.25) is 0 Å². The van der Waals surface area contributed by atoms with E-state index < -0.39 is 0 Å². The molecule has 0 aliphatic rings. The fourth-order valence-corrected chi connectivity index (χ4v) is 1.64. The number of ether oxygens (including phenoxy) is 2. The first-order valence-electron chi connectivity index (χ1n) is 6.76. The predicted octanol–water partition coefficient (Wildman–Crippen LogP) is 3.29. The van der Waals surface area contributed by atoms with Gasteiger partial charge in [0.25, 0.3) is 0 Å². The lowest BCUT2D eigenvalue weighted by Crippen LogP contribution is -2.12. The summed E-state index contributed by atoms with van der Waals surface area (Å²) in [6.45, 7) is 7.85. The first kappa shape index (κ1) is 15.9. The standard InChI is InChI=1S/C15H24FNO2/c1-11(2)6-7-18-8-9-19-15-5-4-13(16)10-14(15)12(3)17/h4-5,10-12H,6-9,17H2,1-3H3. The Morgan fingerprint density at radius 2 is 1.89 bits per heavy atom. The van der Waals surface area contributed by atoms with E-state index in [-0.39, 0.29) is 11.9 Å². The minimum absolute atomic E-state index is 0.257. The van der Waals surface area contributed by atoms with E-state index in [1.165, 1.54) is 12.1 Å². The Labute approximate surface area is 114 Å². The van der Waals surface area contributed by atoms with Crippen LogP contribution in [0.4, 0.5) is 4.39 Å². The molecule has 1 unspecified atom stereocenters. The highest BCUT2D eigenvalue weighted by Gasteiger charge is 2.09. The van der Waals surface area contributed by atoms with Crippen molar-refractivity contribution < 1.29 is 13.9 Å². The molecule has 0 heterocycles. The number of benzene rings is 1. The summed E-state index contributed by atoms with van der Waals surface area (Å²) in [6.07, 6.45) is 1.04. The fourth-order valence-electron chi connectivity index (χ4n) is 1.64. The molecule has 0 spiro atoms. The van der Waals surface area contributed by atoms with Crippen LogP contribution >= 0.6 is 0 Å². The maximum Gasteiger partial charge on any atom is 0.124 e. The maximum absolute atomic E-state index is 13.1. The minimum Gasteiger partial charge on any atom is -0.491 e. The van der Waals surface area contributed by atoms with Crippen LogP contribution in [0.1, 0.15) is 38.8 Å². The van der Waals surface area contributed by atoms with Crippen LogP contribution in [0.5, 0.6) is 5.75 Å². The summed E-state index contributed by atoms with van der Waals surface area (Å²) >= 11 is 0. The largest absolute Gasteiger partial charge is 0.491 e. The Morgan fingerprint density at radius 3 is 2.53 bits per heavy atom. The van der Waals surface area contributed by atoms with Gasteiger partial charge in [-0.15, -0.1) is 0 Å². The Bertz CT molecular complexity index is 380. The molecule has 19 heavy (non-hydrogen) atoms. The molecular formula is C15H24FNO2. The summed E-state index contributed by atoms with van der Waals surface area (Å²) in [5.41, 5.74) is 6.47. The zero-order valence-corrected chi connectivity index (χ0v) is 12.0. The smallest absolute Gasteiger partial charge is 0.124 e. The quantitative estimate of drug-likeness (QED) is 0.736. The summed E-state index contributed by atoms with van der Waals surface area (Å²) < 4.78 is 24.2. The van der Waals surface area contributed by atoms with Gasteiger partial charge in [-0.1, -0.05) is 13.8 Å². The average molecular weight is 269 g/mol. The normalized spacial score (nSPS) is 12.7. The highest BCUT2D eigenvalue weighted by atomic mass is 19.1. The molecule has 0 bridgehead atoms. The van der Waals surface area contributed by atoms with Crippen molar-refractivity contribution in [3.8, 4) is 5.75 Å². The van der Waals surface area contributed by atoms with Crippen LogP contribution in [0.25, 0.3) is 0 Å². The van der Waals surface area contributed by atoms with Crippen LogP contribution in [0, 0.1) is 11.7 Å². The predicted molar refractivity (Wildman–Crippen MR) is 74.8 cm³/mol. The molecule has 0 aliphatic carbocycles. The zero-order chi connectivity index (χ0) is 14.3. The Balaban J connectivity index is 2.37. The van der Waals surface area contributed by atoms with Crippen molar-refractivity contribution in [3.05, 3.63) is 29.6 Å². The molecule has 3 nitrogen and oxygen atoms in total. The van der Waals surface area contributed by atoms with Gasteiger partial charge in [0.1, 0.15) is 18.2 Å². The van der Waals surface area contributed by atoms with Gasteiger partial charge in [-0.2, -0.15) is 0 Å². The molecule has 2 N–H and O–H groups in total. The third-order valence-corrected chi connectivity index (χ3v) is 2.79. The molecule has 0 aliphatic heterocycles. The van der Waals surface area contributed by atoms with Gasteiger partial charge < -0.3 is 15.2 Å². The van der Waals surface area contributed by atoms with Crippen LogP contribution in [0.2, 0.25) is 0 Å². The number of halogens is 1. The second-order valence-corrected chi connectivity index (χ2v) is 5.11. The van der Waals surface area contributed by atoms with E-state index in [1.807, 2.05) is 0 Å². The molecule has 0 saturated heterocycles. The summed E-state index contributed by atoms with van der Waals surface area (Å²) in [5, 5.41) is 0. The molecule has 0 radical (unpaired) electrons.